The van der Waals surface area contributed by atoms with E-state index in [9.17, 15) is 5.26 Å². The van der Waals surface area contributed by atoms with Gasteiger partial charge < -0.3 is 4.57 Å². The van der Waals surface area contributed by atoms with Crippen LogP contribution in [0.3, 0.4) is 0 Å². The van der Waals surface area contributed by atoms with E-state index in [1.807, 2.05) is 62.0 Å². The van der Waals surface area contributed by atoms with E-state index in [0.717, 1.165) is 46.6 Å². The van der Waals surface area contributed by atoms with Crippen molar-refractivity contribution in [3.05, 3.63) is 113 Å². The maximum atomic E-state index is 9.82. The Balaban J connectivity index is 0.00000228. The van der Waals surface area contributed by atoms with Crippen LogP contribution in [0.5, 0.6) is 0 Å². The molecule has 0 aliphatic rings. The monoisotopic (exact) mass is 517 g/mol. The average Bonchev–Trinajstić information content (AvgIpc) is 3.29. The van der Waals surface area contributed by atoms with Gasteiger partial charge in [-0.2, -0.15) is 10.5 Å². The SMILES string of the molecule is CCN(Cc1ccc(C#N)cc1)C(c1ccc(C#N)c(-c2ccccc2C)c1)c1cncn1C.Cl.Cl. The maximum Gasteiger partial charge on any atom is 0.0998 e. The van der Waals surface area contributed by atoms with Crippen LogP contribution in [0, 0.1) is 29.6 Å². The lowest BCUT2D eigenvalue weighted by Crippen LogP contribution is -2.30. The van der Waals surface area contributed by atoms with E-state index in [0.29, 0.717) is 11.1 Å². The number of hydrogen-bond donors (Lipinski definition) is 0. The van der Waals surface area contributed by atoms with Crippen molar-refractivity contribution in [2.45, 2.75) is 26.4 Å². The normalized spacial score (nSPS) is 11.1. The second-order valence-corrected chi connectivity index (χ2v) is 8.44. The quantitative estimate of drug-likeness (QED) is 0.277. The Morgan fingerprint density at radius 2 is 1.67 bits per heavy atom. The highest BCUT2D eigenvalue weighted by Crippen LogP contribution is 2.35. The first-order chi connectivity index (χ1) is 16.5. The van der Waals surface area contributed by atoms with Crippen molar-refractivity contribution in [1.82, 2.24) is 14.5 Å². The lowest BCUT2D eigenvalue weighted by Gasteiger charge is -2.32. The standard InChI is InChI=1S/C29H27N5.2ClH/c1-4-34(19-23-11-9-22(16-30)10-12-23)29(28-18-32-20-33(28)3)24-13-14-25(17-31)27(15-24)26-8-6-5-7-21(26)2;;/h5-15,18,20,29H,4,19H2,1-3H3;2*1H. The summed E-state index contributed by atoms with van der Waals surface area (Å²) in [5, 5.41) is 19.0. The molecule has 1 heterocycles. The third-order valence-corrected chi connectivity index (χ3v) is 6.29. The zero-order valence-electron chi connectivity index (χ0n) is 20.5. The van der Waals surface area contributed by atoms with Crippen LogP contribution in [0.2, 0.25) is 0 Å². The molecule has 184 valence electrons. The average molecular weight is 518 g/mol. The Labute approximate surface area is 225 Å². The smallest absolute Gasteiger partial charge is 0.0998 e. The molecule has 1 atom stereocenters. The van der Waals surface area contributed by atoms with Gasteiger partial charge in [0.25, 0.3) is 0 Å². The number of imidazole rings is 1. The highest BCUT2D eigenvalue weighted by atomic mass is 35.5. The summed E-state index contributed by atoms with van der Waals surface area (Å²) in [6, 6.07) is 26.6. The molecule has 0 fully saturated rings. The molecule has 0 bridgehead atoms. The van der Waals surface area contributed by atoms with Gasteiger partial charge in [-0.15, -0.1) is 24.8 Å². The highest BCUT2D eigenvalue weighted by Gasteiger charge is 2.25. The van der Waals surface area contributed by atoms with Crippen molar-refractivity contribution in [3.63, 3.8) is 0 Å². The second-order valence-electron chi connectivity index (χ2n) is 8.44. The number of hydrogen-bond acceptors (Lipinski definition) is 4. The number of aryl methyl sites for hydroxylation is 2. The highest BCUT2D eigenvalue weighted by molar-refractivity contribution is 5.85. The van der Waals surface area contributed by atoms with Crippen molar-refractivity contribution < 1.29 is 0 Å². The minimum atomic E-state index is -0.0522. The molecule has 0 aliphatic carbocycles. The van der Waals surface area contributed by atoms with Crippen molar-refractivity contribution in [3.8, 4) is 23.3 Å². The minimum absolute atomic E-state index is 0. The van der Waals surface area contributed by atoms with Crippen LogP contribution in [0.1, 0.15) is 46.5 Å². The molecular formula is C29H29Cl2N5. The molecule has 0 spiro atoms. The number of nitrogens with zero attached hydrogens (tertiary/aromatic N) is 5. The molecule has 4 aromatic rings. The predicted molar refractivity (Wildman–Crippen MR) is 148 cm³/mol. The van der Waals surface area contributed by atoms with Gasteiger partial charge in [-0.25, -0.2) is 4.98 Å². The van der Waals surface area contributed by atoms with Crippen LogP contribution >= 0.6 is 24.8 Å². The van der Waals surface area contributed by atoms with Crippen molar-refractivity contribution in [1.29, 1.82) is 10.5 Å². The van der Waals surface area contributed by atoms with Crippen LogP contribution in [0.4, 0.5) is 0 Å². The molecule has 0 radical (unpaired) electrons. The lowest BCUT2D eigenvalue weighted by atomic mass is 9.91. The predicted octanol–water partition coefficient (Wildman–Crippen LogP) is 6.59. The van der Waals surface area contributed by atoms with Crippen molar-refractivity contribution >= 4 is 24.8 Å². The molecule has 0 aliphatic heterocycles. The van der Waals surface area contributed by atoms with E-state index < -0.39 is 0 Å². The van der Waals surface area contributed by atoms with Crippen molar-refractivity contribution in [2.75, 3.05) is 6.54 Å². The summed E-state index contributed by atoms with van der Waals surface area (Å²) in [6.07, 6.45) is 3.74. The van der Waals surface area contributed by atoms with E-state index in [1.54, 1.807) is 0 Å². The second kappa shape index (κ2) is 12.9. The summed E-state index contributed by atoms with van der Waals surface area (Å²) in [5.74, 6) is 0. The number of nitriles is 2. The topological polar surface area (TPSA) is 68.6 Å². The molecular weight excluding hydrogens is 489 g/mol. The van der Waals surface area contributed by atoms with Gasteiger partial charge in [0.1, 0.15) is 0 Å². The number of benzene rings is 3. The number of aromatic nitrogens is 2. The maximum absolute atomic E-state index is 9.82. The summed E-state index contributed by atoms with van der Waals surface area (Å²) in [4.78, 5) is 6.78. The molecule has 1 unspecified atom stereocenters. The zero-order chi connectivity index (χ0) is 24.1. The molecule has 5 nitrogen and oxygen atoms in total. The molecule has 36 heavy (non-hydrogen) atoms. The van der Waals surface area contributed by atoms with E-state index in [4.69, 9.17) is 5.26 Å². The van der Waals surface area contributed by atoms with Gasteiger partial charge in [0, 0.05) is 19.2 Å². The summed E-state index contributed by atoms with van der Waals surface area (Å²) in [7, 11) is 2.01. The van der Waals surface area contributed by atoms with E-state index in [2.05, 4.69) is 64.7 Å². The molecule has 0 amide bonds. The van der Waals surface area contributed by atoms with Gasteiger partial charge in [0.15, 0.2) is 0 Å². The van der Waals surface area contributed by atoms with Gasteiger partial charge >= 0.3 is 0 Å². The Hall–Kier alpha value is -3.61. The van der Waals surface area contributed by atoms with Gasteiger partial charge in [0.2, 0.25) is 0 Å². The first kappa shape index (κ1) is 28.6. The van der Waals surface area contributed by atoms with Crippen molar-refractivity contribution in [2.24, 2.45) is 7.05 Å². The van der Waals surface area contributed by atoms with Crippen LogP contribution < -0.4 is 0 Å². The Kier molecular flexibility index (Phi) is 10.3. The fourth-order valence-corrected chi connectivity index (χ4v) is 4.43. The van der Waals surface area contributed by atoms with Gasteiger partial charge in [-0.1, -0.05) is 49.4 Å². The molecule has 1 aromatic heterocycles. The third-order valence-electron chi connectivity index (χ3n) is 6.29. The molecule has 3 aromatic carbocycles. The summed E-state index contributed by atoms with van der Waals surface area (Å²) >= 11 is 0. The molecule has 4 rings (SSSR count). The first-order valence-corrected chi connectivity index (χ1v) is 11.3. The molecule has 0 saturated carbocycles. The number of rotatable bonds is 7. The largest absolute Gasteiger partial charge is 0.336 e. The first-order valence-electron chi connectivity index (χ1n) is 11.3. The van der Waals surface area contributed by atoms with Crippen LogP contribution in [-0.4, -0.2) is 21.0 Å². The van der Waals surface area contributed by atoms with E-state index in [1.165, 1.54) is 0 Å². The summed E-state index contributed by atoms with van der Waals surface area (Å²) in [6.45, 7) is 5.76. The van der Waals surface area contributed by atoms with Gasteiger partial charge in [0.05, 0.1) is 47.5 Å². The Morgan fingerprint density at radius 1 is 0.944 bits per heavy atom. The van der Waals surface area contributed by atoms with Crippen LogP contribution in [-0.2, 0) is 13.6 Å². The van der Waals surface area contributed by atoms with Gasteiger partial charge in [-0.3, -0.25) is 4.90 Å². The lowest BCUT2D eigenvalue weighted by molar-refractivity contribution is 0.222. The zero-order valence-corrected chi connectivity index (χ0v) is 22.2. The Morgan fingerprint density at radius 3 is 2.25 bits per heavy atom. The number of halogens is 2. The van der Waals surface area contributed by atoms with Gasteiger partial charge in [-0.05, 0) is 60.0 Å². The fourth-order valence-electron chi connectivity index (χ4n) is 4.43. The van der Waals surface area contributed by atoms with Crippen LogP contribution in [0.25, 0.3) is 11.1 Å². The van der Waals surface area contributed by atoms with E-state index in [-0.39, 0.29) is 30.9 Å². The Bertz CT molecular complexity index is 1380. The molecule has 0 N–H and O–H groups in total. The molecule has 0 saturated heterocycles. The molecule has 7 heteroatoms. The third kappa shape index (κ3) is 5.96. The summed E-state index contributed by atoms with van der Waals surface area (Å²) in [5.41, 5.74) is 7.80. The summed E-state index contributed by atoms with van der Waals surface area (Å²) < 4.78 is 2.05. The minimum Gasteiger partial charge on any atom is -0.336 e. The fraction of sp³-hybridized carbons (Fsp3) is 0.207. The van der Waals surface area contributed by atoms with Crippen LogP contribution in [0.15, 0.2) is 79.3 Å². The van der Waals surface area contributed by atoms with E-state index >= 15 is 0 Å².